The van der Waals surface area contributed by atoms with Crippen LogP contribution in [0.1, 0.15) is 41.0 Å². The molecule has 2 atom stereocenters. The SMILES string of the molecule is C=CC(=O)NCC1CC(OC(C)(C)C)C1(C)C. The van der Waals surface area contributed by atoms with E-state index < -0.39 is 0 Å². The quantitative estimate of drug-likeness (QED) is 0.766. The predicted octanol–water partition coefficient (Wildman–Crippen LogP) is 2.52. The Labute approximate surface area is 105 Å². The maximum absolute atomic E-state index is 11.1. The monoisotopic (exact) mass is 239 g/mol. The maximum atomic E-state index is 11.1. The summed E-state index contributed by atoms with van der Waals surface area (Å²) in [5.74, 6) is 0.389. The maximum Gasteiger partial charge on any atom is 0.243 e. The zero-order valence-electron chi connectivity index (χ0n) is 11.7. The minimum Gasteiger partial charge on any atom is -0.372 e. The van der Waals surface area contributed by atoms with Crippen molar-refractivity contribution in [1.82, 2.24) is 5.32 Å². The zero-order chi connectivity index (χ0) is 13.3. The molecule has 2 unspecified atom stereocenters. The molecule has 17 heavy (non-hydrogen) atoms. The lowest BCUT2D eigenvalue weighted by Crippen LogP contribution is -2.56. The number of amides is 1. The highest BCUT2D eigenvalue weighted by Gasteiger charge is 2.49. The van der Waals surface area contributed by atoms with Gasteiger partial charge in [-0.05, 0) is 44.6 Å². The number of nitrogens with one attached hydrogen (secondary N) is 1. The topological polar surface area (TPSA) is 38.3 Å². The molecule has 3 heteroatoms. The van der Waals surface area contributed by atoms with Gasteiger partial charge in [0.05, 0.1) is 11.7 Å². The Hall–Kier alpha value is -0.830. The summed E-state index contributed by atoms with van der Waals surface area (Å²) in [5.41, 5.74) is 0.0268. The van der Waals surface area contributed by atoms with Gasteiger partial charge in [-0.15, -0.1) is 0 Å². The normalized spacial score (nSPS) is 27.1. The van der Waals surface area contributed by atoms with E-state index in [2.05, 4.69) is 46.5 Å². The average molecular weight is 239 g/mol. The number of carbonyl (C=O) groups excluding carboxylic acids is 1. The molecule has 1 aliphatic carbocycles. The van der Waals surface area contributed by atoms with Crippen molar-refractivity contribution in [3.63, 3.8) is 0 Å². The van der Waals surface area contributed by atoms with E-state index in [4.69, 9.17) is 4.74 Å². The second-order valence-electron chi connectivity index (χ2n) is 6.42. The van der Waals surface area contributed by atoms with Crippen LogP contribution in [0.25, 0.3) is 0 Å². The van der Waals surface area contributed by atoms with Gasteiger partial charge in [-0.3, -0.25) is 4.79 Å². The molecule has 1 fully saturated rings. The Balaban J connectivity index is 2.44. The van der Waals surface area contributed by atoms with Gasteiger partial charge in [0.25, 0.3) is 0 Å². The first-order chi connectivity index (χ1) is 7.66. The van der Waals surface area contributed by atoms with Crippen molar-refractivity contribution in [2.75, 3.05) is 6.54 Å². The molecule has 0 aliphatic heterocycles. The molecule has 3 nitrogen and oxygen atoms in total. The first kappa shape index (κ1) is 14.2. The molecule has 1 aliphatic rings. The van der Waals surface area contributed by atoms with Gasteiger partial charge >= 0.3 is 0 Å². The van der Waals surface area contributed by atoms with Crippen molar-refractivity contribution < 1.29 is 9.53 Å². The first-order valence-corrected chi connectivity index (χ1v) is 6.25. The number of hydrogen-bond donors (Lipinski definition) is 1. The molecule has 1 saturated carbocycles. The predicted molar refractivity (Wildman–Crippen MR) is 69.7 cm³/mol. The summed E-state index contributed by atoms with van der Waals surface area (Å²) in [5, 5.41) is 2.86. The van der Waals surface area contributed by atoms with E-state index in [1.54, 1.807) is 0 Å². The van der Waals surface area contributed by atoms with Crippen LogP contribution < -0.4 is 5.32 Å². The fraction of sp³-hybridized carbons (Fsp3) is 0.786. The third-order valence-corrected chi connectivity index (χ3v) is 3.58. The van der Waals surface area contributed by atoms with Crippen molar-refractivity contribution in [1.29, 1.82) is 0 Å². The highest BCUT2D eigenvalue weighted by Crippen LogP contribution is 2.48. The summed E-state index contributed by atoms with van der Waals surface area (Å²) >= 11 is 0. The van der Waals surface area contributed by atoms with E-state index in [9.17, 15) is 4.79 Å². The summed E-state index contributed by atoms with van der Waals surface area (Å²) < 4.78 is 6.02. The molecule has 0 spiro atoms. The van der Waals surface area contributed by atoms with Gasteiger partial charge in [-0.2, -0.15) is 0 Å². The van der Waals surface area contributed by atoms with Crippen LogP contribution in [0, 0.1) is 11.3 Å². The second-order valence-corrected chi connectivity index (χ2v) is 6.42. The Kier molecular flexibility index (Phi) is 4.03. The van der Waals surface area contributed by atoms with Crippen LogP contribution in [-0.2, 0) is 9.53 Å². The van der Waals surface area contributed by atoms with E-state index in [0.29, 0.717) is 12.5 Å². The molecule has 1 rings (SSSR count). The molecule has 98 valence electrons. The molecule has 0 radical (unpaired) electrons. The van der Waals surface area contributed by atoms with E-state index in [0.717, 1.165) is 6.42 Å². The van der Waals surface area contributed by atoms with Crippen LogP contribution in [0.2, 0.25) is 0 Å². The molecule has 0 aromatic heterocycles. The largest absolute Gasteiger partial charge is 0.372 e. The highest BCUT2D eigenvalue weighted by molar-refractivity contribution is 5.86. The Morgan fingerprint density at radius 1 is 1.53 bits per heavy atom. The minimum absolute atomic E-state index is 0.0963. The summed E-state index contributed by atoms with van der Waals surface area (Å²) in [6.07, 6.45) is 2.62. The lowest BCUT2D eigenvalue weighted by Gasteiger charge is -2.53. The molecule has 0 saturated heterocycles. The van der Waals surface area contributed by atoms with Crippen LogP contribution in [0.4, 0.5) is 0 Å². The van der Waals surface area contributed by atoms with Crippen LogP contribution in [0.5, 0.6) is 0 Å². The fourth-order valence-electron chi connectivity index (χ4n) is 2.24. The lowest BCUT2D eigenvalue weighted by atomic mass is 9.60. The van der Waals surface area contributed by atoms with E-state index >= 15 is 0 Å². The smallest absolute Gasteiger partial charge is 0.243 e. The molecule has 0 aromatic rings. The molecular weight excluding hydrogens is 214 g/mol. The third kappa shape index (κ3) is 3.56. The molecule has 0 aromatic carbocycles. The van der Waals surface area contributed by atoms with Crippen LogP contribution in [0.3, 0.4) is 0 Å². The average Bonchev–Trinajstić information content (AvgIpc) is 2.20. The minimum atomic E-state index is -0.0999. The van der Waals surface area contributed by atoms with E-state index in [1.807, 2.05) is 0 Å². The first-order valence-electron chi connectivity index (χ1n) is 6.25. The van der Waals surface area contributed by atoms with Crippen LogP contribution in [-0.4, -0.2) is 24.2 Å². The van der Waals surface area contributed by atoms with Gasteiger partial charge in [-0.25, -0.2) is 0 Å². The van der Waals surface area contributed by atoms with Crippen molar-refractivity contribution in [3.05, 3.63) is 12.7 Å². The summed E-state index contributed by atoms with van der Waals surface area (Å²) in [6.45, 7) is 14.8. The summed E-state index contributed by atoms with van der Waals surface area (Å²) in [6, 6.07) is 0. The highest BCUT2D eigenvalue weighted by atomic mass is 16.5. The Morgan fingerprint density at radius 3 is 2.53 bits per heavy atom. The Morgan fingerprint density at radius 2 is 2.12 bits per heavy atom. The van der Waals surface area contributed by atoms with Gasteiger partial charge in [0, 0.05) is 6.54 Å². The van der Waals surface area contributed by atoms with E-state index in [1.165, 1.54) is 6.08 Å². The van der Waals surface area contributed by atoms with Gasteiger partial charge in [0.2, 0.25) is 5.91 Å². The van der Waals surface area contributed by atoms with Gasteiger partial charge in [0.1, 0.15) is 0 Å². The van der Waals surface area contributed by atoms with E-state index in [-0.39, 0.29) is 23.0 Å². The van der Waals surface area contributed by atoms with Gasteiger partial charge in [-0.1, -0.05) is 20.4 Å². The molecule has 0 heterocycles. The molecule has 0 bridgehead atoms. The summed E-state index contributed by atoms with van der Waals surface area (Å²) in [7, 11) is 0. The zero-order valence-corrected chi connectivity index (χ0v) is 11.7. The molecule has 1 N–H and O–H groups in total. The number of ether oxygens (including phenoxy) is 1. The number of rotatable bonds is 4. The second kappa shape index (κ2) is 4.81. The molecule has 1 amide bonds. The lowest BCUT2D eigenvalue weighted by molar-refractivity contribution is -0.187. The van der Waals surface area contributed by atoms with Crippen molar-refractivity contribution >= 4 is 5.91 Å². The summed E-state index contributed by atoms with van der Waals surface area (Å²) in [4.78, 5) is 11.1. The van der Waals surface area contributed by atoms with Gasteiger partial charge in [0.15, 0.2) is 0 Å². The third-order valence-electron chi connectivity index (χ3n) is 3.58. The van der Waals surface area contributed by atoms with Gasteiger partial charge < -0.3 is 10.1 Å². The van der Waals surface area contributed by atoms with Crippen LogP contribution >= 0.6 is 0 Å². The van der Waals surface area contributed by atoms with Crippen molar-refractivity contribution in [2.45, 2.75) is 52.7 Å². The van der Waals surface area contributed by atoms with Crippen LogP contribution in [0.15, 0.2) is 12.7 Å². The Bertz CT molecular complexity index is 302. The van der Waals surface area contributed by atoms with Crippen molar-refractivity contribution in [3.8, 4) is 0 Å². The fourth-order valence-corrected chi connectivity index (χ4v) is 2.24. The molecular formula is C14H25NO2. The number of hydrogen-bond acceptors (Lipinski definition) is 2. The van der Waals surface area contributed by atoms with Crippen molar-refractivity contribution in [2.24, 2.45) is 11.3 Å². The standard InChI is InChI=1S/C14H25NO2/c1-7-12(16)15-9-10-8-11(14(10,5)6)17-13(2,3)4/h7,10-11H,1,8-9H2,2-6H3,(H,15,16). The number of carbonyl (C=O) groups is 1.